The van der Waals surface area contributed by atoms with Crippen LogP contribution in [0.15, 0.2) is 12.1 Å². The Balaban J connectivity index is 0.00000529. The zero-order valence-electron chi connectivity index (χ0n) is 13.7. The minimum atomic E-state index is -0.777. The highest BCUT2D eigenvalue weighted by molar-refractivity contribution is 5.85. The molecule has 24 heavy (non-hydrogen) atoms. The minimum Gasteiger partial charge on any atom is -0.493 e. The molecule has 1 unspecified atom stereocenters. The fraction of sp³-hybridized carbons (Fsp3) is 0.500. The van der Waals surface area contributed by atoms with E-state index in [2.05, 4.69) is 5.32 Å². The summed E-state index contributed by atoms with van der Waals surface area (Å²) in [6.45, 7) is 0.301. The summed E-state index contributed by atoms with van der Waals surface area (Å²) in [5, 5.41) is 13.8. The number of hydrogen-bond acceptors (Lipinski definition) is 7. The van der Waals surface area contributed by atoms with Gasteiger partial charge in [0.2, 0.25) is 5.91 Å². The second kappa shape index (κ2) is 10.6. The van der Waals surface area contributed by atoms with Gasteiger partial charge in [-0.1, -0.05) is 0 Å². The fourth-order valence-electron chi connectivity index (χ4n) is 1.99. The van der Waals surface area contributed by atoms with Crippen LogP contribution in [-0.2, 0) is 16.0 Å². The first kappa shape index (κ1) is 21.9. The molecule has 1 aromatic rings. The molecular weight excluding hydrogens is 342 g/mol. The number of carbonyl (C=O) groups is 1. The first-order chi connectivity index (χ1) is 10.9. The van der Waals surface area contributed by atoms with Gasteiger partial charge < -0.3 is 25.3 Å². The number of rotatable bonds is 9. The topological polar surface area (TPSA) is 126 Å². The van der Waals surface area contributed by atoms with Gasteiger partial charge in [-0.05, 0) is 12.5 Å². The van der Waals surface area contributed by atoms with Crippen LogP contribution < -0.4 is 20.5 Å². The summed E-state index contributed by atoms with van der Waals surface area (Å²) in [7, 11) is 4.29. The molecule has 0 saturated carbocycles. The summed E-state index contributed by atoms with van der Waals surface area (Å²) < 4.78 is 15.0. The Morgan fingerprint density at radius 3 is 2.38 bits per heavy atom. The number of benzene rings is 1. The Labute approximate surface area is 146 Å². The van der Waals surface area contributed by atoms with E-state index in [9.17, 15) is 14.9 Å². The second-order valence-electron chi connectivity index (χ2n) is 4.70. The highest BCUT2D eigenvalue weighted by atomic mass is 35.5. The van der Waals surface area contributed by atoms with Crippen LogP contribution in [0.4, 0.5) is 5.69 Å². The van der Waals surface area contributed by atoms with Gasteiger partial charge in [-0.3, -0.25) is 14.9 Å². The lowest BCUT2D eigenvalue weighted by molar-refractivity contribution is -0.385. The van der Waals surface area contributed by atoms with Gasteiger partial charge in [0, 0.05) is 19.2 Å². The molecule has 0 spiro atoms. The molecule has 1 aromatic carbocycles. The number of nitrogens with zero attached hydrogens (tertiary/aromatic N) is 1. The Morgan fingerprint density at radius 2 is 1.88 bits per heavy atom. The standard InChI is InChI=1S/C14H21N3O6.ClH/c1-21-8-10(15)14(18)16-5-4-9-6-12(22-2)13(23-3)7-11(9)17(19)20;/h6-7,10H,4-5,8,15H2,1-3H3,(H,16,18);1H. The largest absolute Gasteiger partial charge is 0.493 e. The third-order valence-electron chi connectivity index (χ3n) is 3.16. The maximum atomic E-state index is 11.7. The van der Waals surface area contributed by atoms with E-state index in [0.29, 0.717) is 11.3 Å². The number of amides is 1. The Hall–Kier alpha value is -2.10. The number of hydrogen-bond donors (Lipinski definition) is 2. The third-order valence-corrected chi connectivity index (χ3v) is 3.16. The summed E-state index contributed by atoms with van der Waals surface area (Å²) in [4.78, 5) is 22.3. The van der Waals surface area contributed by atoms with Crippen molar-refractivity contribution in [3.63, 3.8) is 0 Å². The van der Waals surface area contributed by atoms with Crippen molar-refractivity contribution >= 4 is 24.0 Å². The van der Waals surface area contributed by atoms with Crippen LogP contribution >= 0.6 is 12.4 Å². The van der Waals surface area contributed by atoms with Gasteiger partial charge in [0.1, 0.15) is 6.04 Å². The van der Waals surface area contributed by atoms with Gasteiger partial charge in [-0.15, -0.1) is 12.4 Å². The van der Waals surface area contributed by atoms with Gasteiger partial charge >= 0.3 is 0 Å². The van der Waals surface area contributed by atoms with Crippen molar-refractivity contribution < 1.29 is 23.9 Å². The fourth-order valence-corrected chi connectivity index (χ4v) is 1.99. The monoisotopic (exact) mass is 363 g/mol. The number of nitro benzene ring substituents is 1. The van der Waals surface area contributed by atoms with E-state index in [1.165, 1.54) is 33.5 Å². The van der Waals surface area contributed by atoms with Crippen molar-refractivity contribution in [3.8, 4) is 11.5 Å². The number of methoxy groups -OCH3 is 3. The second-order valence-corrected chi connectivity index (χ2v) is 4.70. The van der Waals surface area contributed by atoms with Crippen molar-refractivity contribution in [2.45, 2.75) is 12.5 Å². The average molecular weight is 364 g/mol. The van der Waals surface area contributed by atoms with Gasteiger partial charge in [0.05, 0.1) is 31.8 Å². The van der Waals surface area contributed by atoms with Crippen molar-refractivity contribution in [3.05, 3.63) is 27.8 Å². The molecule has 0 heterocycles. The number of carbonyl (C=O) groups excluding carboxylic acids is 1. The van der Waals surface area contributed by atoms with Crippen molar-refractivity contribution in [1.29, 1.82) is 0 Å². The first-order valence-corrected chi connectivity index (χ1v) is 6.86. The molecule has 0 aliphatic rings. The SMILES string of the molecule is COCC(N)C(=O)NCCc1cc(OC)c(OC)cc1[N+](=O)[O-].Cl. The molecule has 0 saturated heterocycles. The Morgan fingerprint density at radius 1 is 1.29 bits per heavy atom. The normalized spacial score (nSPS) is 11.2. The minimum absolute atomic E-state index is 0. The van der Waals surface area contributed by atoms with Gasteiger partial charge in [0.15, 0.2) is 11.5 Å². The molecule has 0 radical (unpaired) electrons. The zero-order chi connectivity index (χ0) is 17.4. The predicted molar refractivity (Wildman–Crippen MR) is 90.0 cm³/mol. The molecule has 0 aromatic heterocycles. The van der Waals surface area contributed by atoms with Crippen LogP contribution in [0, 0.1) is 10.1 Å². The van der Waals surface area contributed by atoms with E-state index in [-0.39, 0.29) is 49.3 Å². The molecule has 1 rings (SSSR count). The number of ether oxygens (including phenoxy) is 3. The summed E-state index contributed by atoms with van der Waals surface area (Å²) in [6, 6.07) is 2.05. The van der Waals surface area contributed by atoms with E-state index in [0.717, 1.165) is 0 Å². The molecule has 0 fully saturated rings. The van der Waals surface area contributed by atoms with E-state index < -0.39 is 11.0 Å². The van der Waals surface area contributed by atoms with E-state index in [1.54, 1.807) is 0 Å². The molecule has 1 atom stereocenters. The smallest absolute Gasteiger partial charge is 0.276 e. The number of nitrogens with one attached hydrogen (secondary N) is 1. The quantitative estimate of drug-likeness (QED) is 0.487. The van der Waals surface area contributed by atoms with Gasteiger partial charge in [0.25, 0.3) is 5.69 Å². The molecule has 0 aliphatic heterocycles. The molecular formula is C14H22ClN3O6. The maximum Gasteiger partial charge on any atom is 0.276 e. The predicted octanol–water partition coefficient (Wildman–Crippen LogP) is 0.666. The summed E-state index contributed by atoms with van der Waals surface area (Å²) in [5.74, 6) is 0.277. The molecule has 0 bridgehead atoms. The summed E-state index contributed by atoms with van der Waals surface area (Å²) >= 11 is 0. The zero-order valence-corrected chi connectivity index (χ0v) is 14.6. The highest BCUT2D eigenvalue weighted by Crippen LogP contribution is 2.34. The summed E-state index contributed by atoms with van der Waals surface area (Å²) in [5.41, 5.74) is 5.91. The lowest BCUT2D eigenvalue weighted by Crippen LogP contribution is -2.44. The Bertz CT molecular complexity index is 570. The number of halogens is 1. The maximum absolute atomic E-state index is 11.7. The van der Waals surface area contributed by atoms with Crippen LogP contribution in [0.3, 0.4) is 0 Å². The van der Waals surface area contributed by atoms with E-state index in [4.69, 9.17) is 19.9 Å². The van der Waals surface area contributed by atoms with Gasteiger partial charge in [-0.25, -0.2) is 0 Å². The van der Waals surface area contributed by atoms with Crippen LogP contribution in [0.25, 0.3) is 0 Å². The molecule has 10 heteroatoms. The molecule has 1 amide bonds. The van der Waals surface area contributed by atoms with Crippen molar-refractivity contribution in [2.75, 3.05) is 34.5 Å². The molecule has 0 aliphatic carbocycles. The van der Waals surface area contributed by atoms with E-state index >= 15 is 0 Å². The number of nitro groups is 1. The van der Waals surface area contributed by atoms with Crippen LogP contribution in [-0.4, -0.2) is 51.4 Å². The highest BCUT2D eigenvalue weighted by Gasteiger charge is 2.20. The lowest BCUT2D eigenvalue weighted by atomic mass is 10.1. The van der Waals surface area contributed by atoms with Crippen molar-refractivity contribution in [2.24, 2.45) is 5.73 Å². The van der Waals surface area contributed by atoms with Crippen LogP contribution in [0.1, 0.15) is 5.56 Å². The molecule has 136 valence electrons. The van der Waals surface area contributed by atoms with E-state index in [1.807, 2.05) is 0 Å². The van der Waals surface area contributed by atoms with Crippen LogP contribution in [0.5, 0.6) is 11.5 Å². The lowest BCUT2D eigenvalue weighted by Gasteiger charge is -2.13. The van der Waals surface area contributed by atoms with Crippen LogP contribution in [0.2, 0.25) is 0 Å². The summed E-state index contributed by atoms with van der Waals surface area (Å²) in [6.07, 6.45) is 0.252. The number of nitrogens with two attached hydrogens (primary N) is 1. The Kier molecular flexibility index (Phi) is 9.70. The third kappa shape index (κ3) is 5.84. The van der Waals surface area contributed by atoms with Crippen molar-refractivity contribution in [1.82, 2.24) is 5.32 Å². The first-order valence-electron chi connectivity index (χ1n) is 6.86. The molecule has 3 N–H and O–H groups in total. The molecule has 9 nitrogen and oxygen atoms in total. The van der Waals surface area contributed by atoms with Gasteiger partial charge in [-0.2, -0.15) is 0 Å². The average Bonchev–Trinajstić information content (AvgIpc) is 2.53.